The van der Waals surface area contributed by atoms with Crippen molar-refractivity contribution < 1.29 is 5.11 Å². The van der Waals surface area contributed by atoms with Gasteiger partial charge < -0.3 is 5.11 Å². The van der Waals surface area contributed by atoms with Crippen LogP contribution >= 0.6 is 11.3 Å². The van der Waals surface area contributed by atoms with Gasteiger partial charge in [-0.2, -0.15) is 0 Å². The van der Waals surface area contributed by atoms with E-state index >= 15 is 0 Å². The molecule has 72 valence electrons. The van der Waals surface area contributed by atoms with Crippen molar-refractivity contribution in [3.8, 4) is 0 Å². The van der Waals surface area contributed by atoms with E-state index in [1.165, 1.54) is 10.4 Å². The Morgan fingerprint density at radius 2 is 2.38 bits per heavy atom. The molecule has 0 radical (unpaired) electrons. The van der Waals surface area contributed by atoms with E-state index in [2.05, 4.69) is 25.3 Å². The number of rotatable bonds is 2. The van der Waals surface area contributed by atoms with E-state index in [0.29, 0.717) is 11.8 Å². The highest BCUT2D eigenvalue weighted by molar-refractivity contribution is 7.10. The van der Waals surface area contributed by atoms with Gasteiger partial charge in [0.25, 0.3) is 0 Å². The third-order valence-corrected chi connectivity index (χ3v) is 4.37. The fourth-order valence-corrected chi connectivity index (χ4v) is 3.42. The van der Waals surface area contributed by atoms with Gasteiger partial charge in [-0.3, -0.25) is 0 Å². The van der Waals surface area contributed by atoms with Crippen LogP contribution in [0.4, 0.5) is 0 Å². The molecule has 13 heavy (non-hydrogen) atoms. The average Bonchev–Trinajstić information content (AvgIpc) is 2.48. The van der Waals surface area contributed by atoms with Gasteiger partial charge >= 0.3 is 0 Å². The van der Waals surface area contributed by atoms with Crippen LogP contribution in [-0.2, 0) is 0 Å². The average molecular weight is 196 g/mol. The van der Waals surface area contributed by atoms with Gasteiger partial charge in [0, 0.05) is 10.8 Å². The maximum atomic E-state index is 9.57. The first-order valence-corrected chi connectivity index (χ1v) is 5.84. The molecular formula is C11H16OS. The van der Waals surface area contributed by atoms with Crippen LogP contribution in [-0.4, -0.2) is 11.2 Å². The molecule has 3 atom stereocenters. The van der Waals surface area contributed by atoms with Crippen LogP contribution in [0, 0.1) is 12.8 Å². The van der Waals surface area contributed by atoms with E-state index < -0.39 is 0 Å². The van der Waals surface area contributed by atoms with Crippen molar-refractivity contribution in [2.24, 2.45) is 5.92 Å². The van der Waals surface area contributed by atoms with E-state index in [0.717, 1.165) is 12.8 Å². The molecule has 1 heterocycles. The Bertz CT molecular complexity index is 292. The van der Waals surface area contributed by atoms with Crippen LogP contribution in [0.5, 0.6) is 0 Å². The minimum atomic E-state index is -0.0449. The van der Waals surface area contributed by atoms with Crippen LogP contribution in [0.25, 0.3) is 0 Å². The highest BCUT2D eigenvalue weighted by Gasteiger charge is 2.40. The minimum Gasteiger partial charge on any atom is -0.393 e. The van der Waals surface area contributed by atoms with Gasteiger partial charge in [0.2, 0.25) is 0 Å². The third-order valence-electron chi connectivity index (χ3n) is 3.22. The molecule has 1 aliphatic carbocycles. The maximum Gasteiger partial charge on any atom is 0.0580 e. The lowest BCUT2D eigenvalue weighted by molar-refractivity contribution is 0.000318. The summed E-state index contributed by atoms with van der Waals surface area (Å²) >= 11 is 1.84. The van der Waals surface area contributed by atoms with Crippen molar-refractivity contribution in [1.82, 2.24) is 0 Å². The molecule has 1 aromatic rings. The molecule has 1 fully saturated rings. The first kappa shape index (κ1) is 9.22. The quantitative estimate of drug-likeness (QED) is 0.771. The number of thiophene rings is 1. The predicted octanol–water partition coefficient (Wildman–Crippen LogP) is 2.93. The first-order chi connectivity index (χ1) is 6.24. The Morgan fingerprint density at radius 3 is 2.85 bits per heavy atom. The van der Waals surface area contributed by atoms with E-state index in [4.69, 9.17) is 0 Å². The fraction of sp³-hybridized carbons (Fsp3) is 0.636. The standard InChI is InChI=1S/C11H16OS/c1-3-8-9(6-10(8)12)11-7(2)4-5-13-11/h4-5,8-10,12H,3,6H2,1-2H3. The molecule has 3 unspecified atom stereocenters. The molecule has 1 nitrogen and oxygen atoms in total. The summed E-state index contributed by atoms with van der Waals surface area (Å²) < 4.78 is 0. The topological polar surface area (TPSA) is 20.2 Å². The number of aliphatic hydroxyl groups excluding tert-OH is 1. The Hall–Kier alpha value is -0.340. The Kier molecular flexibility index (Phi) is 2.43. The molecule has 0 amide bonds. The van der Waals surface area contributed by atoms with Crippen molar-refractivity contribution in [3.63, 3.8) is 0 Å². The van der Waals surface area contributed by atoms with Crippen molar-refractivity contribution >= 4 is 11.3 Å². The van der Waals surface area contributed by atoms with Gasteiger partial charge in [0.1, 0.15) is 0 Å². The summed E-state index contributed by atoms with van der Waals surface area (Å²) in [5, 5.41) is 11.7. The van der Waals surface area contributed by atoms with Crippen molar-refractivity contribution in [2.45, 2.75) is 38.7 Å². The lowest BCUT2D eigenvalue weighted by Crippen LogP contribution is -2.38. The second-order valence-electron chi connectivity index (χ2n) is 3.95. The molecule has 2 rings (SSSR count). The Balaban J connectivity index is 2.15. The molecule has 2 heteroatoms. The molecule has 0 spiro atoms. The molecule has 1 aromatic heterocycles. The second kappa shape index (κ2) is 3.43. The number of hydrogen-bond donors (Lipinski definition) is 1. The highest BCUT2D eigenvalue weighted by Crippen LogP contribution is 2.47. The van der Waals surface area contributed by atoms with E-state index in [1.54, 1.807) is 0 Å². The van der Waals surface area contributed by atoms with Gasteiger partial charge in [-0.25, -0.2) is 0 Å². The minimum absolute atomic E-state index is 0.0449. The number of aryl methyl sites for hydroxylation is 1. The molecule has 1 N–H and O–H groups in total. The molecule has 1 saturated carbocycles. The van der Waals surface area contributed by atoms with Gasteiger partial charge in [-0.15, -0.1) is 11.3 Å². The van der Waals surface area contributed by atoms with E-state index in [1.807, 2.05) is 11.3 Å². The van der Waals surface area contributed by atoms with Crippen LogP contribution in [0.2, 0.25) is 0 Å². The van der Waals surface area contributed by atoms with Gasteiger partial charge in [0.15, 0.2) is 0 Å². The first-order valence-electron chi connectivity index (χ1n) is 4.96. The van der Waals surface area contributed by atoms with Crippen LogP contribution in [0.1, 0.15) is 36.1 Å². The van der Waals surface area contributed by atoms with Crippen molar-refractivity contribution in [1.29, 1.82) is 0 Å². The smallest absolute Gasteiger partial charge is 0.0580 e. The zero-order valence-electron chi connectivity index (χ0n) is 8.16. The monoisotopic (exact) mass is 196 g/mol. The summed E-state index contributed by atoms with van der Waals surface area (Å²) in [5.74, 6) is 1.15. The number of aliphatic hydroxyl groups is 1. The summed E-state index contributed by atoms with van der Waals surface area (Å²) in [4.78, 5) is 1.50. The lowest BCUT2D eigenvalue weighted by Gasteiger charge is -2.41. The van der Waals surface area contributed by atoms with Gasteiger partial charge in [-0.1, -0.05) is 13.3 Å². The van der Waals surface area contributed by atoms with E-state index in [9.17, 15) is 5.11 Å². The van der Waals surface area contributed by atoms with Gasteiger partial charge in [-0.05, 0) is 36.3 Å². The zero-order chi connectivity index (χ0) is 9.42. The summed E-state index contributed by atoms with van der Waals surface area (Å²) in [6.07, 6.45) is 2.03. The zero-order valence-corrected chi connectivity index (χ0v) is 8.97. The SMILES string of the molecule is CCC1C(O)CC1c1sccc1C. The molecular weight excluding hydrogens is 180 g/mol. The molecule has 1 aliphatic rings. The number of hydrogen-bond acceptors (Lipinski definition) is 2. The van der Waals surface area contributed by atoms with Gasteiger partial charge in [0.05, 0.1) is 6.10 Å². The summed E-state index contributed by atoms with van der Waals surface area (Å²) in [6.45, 7) is 4.34. The molecule has 0 aliphatic heterocycles. The lowest BCUT2D eigenvalue weighted by atomic mass is 9.68. The normalized spacial score (nSPS) is 33.0. The second-order valence-corrected chi connectivity index (χ2v) is 4.90. The summed E-state index contributed by atoms with van der Waals surface area (Å²) in [6, 6.07) is 2.18. The summed E-state index contributed by atoms with van der Waals surface area (Å²) in [5.41, 5.74) is 1.40. The van der Waals surface area contributed by atoms with Crippen molar-refractivity contribution in [3.05, 3.63) is 21.9 Å². The van der Waals surface area contributed by atoms with Crippen LogP contribution in [0.15, 0.2) is 11.4 Å². The van der Waals surface area contributed by atoms with Crippen molar-refractivity contribution in [2.75, 3.05) is 0 Å². The molecule has 0 saturated heterocycles. The summed E-state index contributed by atoms with van der Waals surface area (Å²) in [7, 11) is 0. The fourth-order valence-electron chi connectivity index (χ4n) is 2.30. The predicted molar refractivity (Wildman–Crippen MR) is 56.2 cm³/mol. The Labute approximate surface area is 83.4 Å². The van der Waals surface area contributed by atoms with Crippen LogP contribution < -0.4 is 0 Å². The van der Waals surface area contributed by atoms with E-state index in [-0.39, 0.29) is 6.10 Å². The maximum absolute atomic E-state index is 9.57. The van der Waals surface area contributed by atoms with Crippen LogP contribution in [0.3, 0.4) is 0 Å². The third kappa shape index (κ3) is 1.42. The highest BCUT2D eigenvalue weighted by atomic mass is 32.1. The molecule has 0 aromatic carbocycles. The Morgan fingerprint density at radius 1 is 1.62 bits per heavy atom. The largest absolute Gasteiger partial charge is 0.393 e. The molecule has 0 bridgehead atoms.